The lowest BCUT2D eigenvalue weighted by Gasteiger charge is -2.23. The van der Waals surface area contributed by atoms with Crippen molar-refractivity contribution in [1.82, 2.24) is 5.32 Å². The quantitative estimate of drug-likeness (QED) is 0.914. The molecule has 4 nitrogen and oxygen atoms in total. The molecule has 0 saturated carbocycles. The van der Waals surface area contributed by atoms with Crippen LogP contribution in [-0.4, -0.2) is 14.2 Å². The van der Waals surface area contributed by atoms with Crippen LogP contribution in [0.3, 0.4) is 0 Å². The topological polar surface area (TPSA) is 43.6 Å². The van der Waals surface area contributed by atoms with Gasteiger partial charge in [-0.25, -0.2) is 0 Å². The van der Waals surface area contributed by atoms with Crippen molar-refractivity contribution in [3.05, 3.63) is 47.4 Å². The maximum atomic E-state index is 5.53. The highest BCUT2D eigenvalue weighted by Gasteiger charge is 2.22. The van der Waals surface area contributed by atoms with Crippen molar-refractivity contribution in [3.63, 3.8) is 0 Å². The normalized spacial score (nSPS) is 17.3. The summed E-state index contributed by atoms with van der Waals surface area (Å²) in [6, 6.07) is 8.37. The number of furan rings is 1. The van der Waals surface area contributed by atoms with Gasteiger partial charge < -0.3 is 19.2 Å². The molecule has 0 radical (unpaired) electrons. The summed E-state index contributed by atoms with van der Waals surface area (Å²) >= 11 is 0. The second-order valence-electron chi connectivity index (χ2n) is 5.30. The van der Waals surface area contributed by atoms with E-state index < -0.39 is 0 Å². The van der Waals surface area contributed by atoms with Crippen LogP contribution in [0.15, 0.2) is 34.9 Å². The van der Waals surface area contributed by atoms with E-state index in [0.29, 0.717) is 6.04 Å². The lowest BCUT2D eigenvalue weighted by atomic mass is 9.93. The molecule has 1 aliphatic rings. The minimum absolute atomic E-state index is 0.360. The van der Waals surface area contributed by atoms with Crippen molar-refractivity contribution >= 4 is 0 Å². The largest absolute Gasteiger partial charge is 0.497 e. The van der Waals surface area contributed by atoms with Gasteiger partial charge in [-0.3, -0.25) is 0 Å². The van der Waals surface area contributed by atoms with Crippen LogP contribution in [0.5, 0.6) is 11.5 Å². The SMILES string of the molecule is COc1ccc(CN[C@@H]2CCCc3occc32)c(OC)c1. The fourth-order valence-electron chi connectivity index (χ4n) is 2.93. The highest BCUT2D eigenvalue weighted by atomic mass is 16.5. The fraction of sp³-hybridized carbons (Fsp3) is 0.412. The maximum absolute atomic E-state index is 5.53. The van der Waals surface area contributed by atoms with E-state index >= 15 is 0 Å². The van der Waals surface area contributed by atoms with Crippen molar-refractivity contribution in [3.8, 4) is 11.5 Å². The summed E-state index contributed by atoms with van der Waals surface area (Å²) in [5.41, 5.74) is 2.43. The summed E-state index contributed by atoms with van der Waals surface area (Å²) in [6.45, 7) is 0.766. The summed E-state index contributed by atoms with van der Waals surface area (Å²) in [5, 5.41) is 3.61. The van der Waals surface area contributed by atoms with Gasteiger partial charge in [-0.15, -0.1) is 0 Å². The first-order chi connectivity index (χ1) is 10.3. The summed E-state index contributed by atoms with van der Waals surface area (Å²) in [5.74, 6) is 2.79. The Kier molecular flexibility index (Phi) is 4.15. The van der Waals surface area contributed by atoms with Crippen LogP contribution >= 0.6 is 0 Å². The molecule has 0 unspecified atom stereocenters. The van der Waals surface area contributed by atoms with Gasteiger partial charge in [0.25, 0.3) is 0 Å². The van der Waals surface area contributed by atoms with Crippen molar-refractivity contribution in [1.29, 1.82) is 0 Å². The molecule has 1 atom stereocenters. The van der Waals surface area contributed by atoms with E-state index in [4.69, 9.17) is 13.9 Å². The van der Waals surface area contributed by atoms with Gasteiger partial charge in [0.2, 0.25) is 0 Å². The molecule has 0 amide bonds. The van der Waals surface area contributed by atoms with Gasteiger partial charge in [0.15, 0.2) is 0 Å². The van der Waals surface area contributed by atoms with Crippen molar-refractivity contribution < 1.29 is 13.9 Å². The van der Waals surface area contributed by atoms with E-state index in [-0.39, 0.29) is 0 Å². The Morgan fingerprint density at radius 3 is 2.95 bits per heavy atom. The molecule has 1 heterocycles. The number of fused-ring (bicyclic) bond motifs is 1. The lowest BCUT2D eigenvalue weighted by Crippen LogP contribution is -2.24. The van der Waals surface area contributed by atoms with E-state index in [0.717, 1.165) is 48.6 Å². The summed E-state index contributed by atoms with van der Waals surface area (Å²) in [7, 11) is 3.35. The third kappa shape index (κ3) is 2.90. The summed E-state index contributed by atoms with van der Waals surface area (Å²) < 4.78 is 16.2. The zero-order valence-electron chi connectivity index (χ0n) is 12.5. The standard InChI is InChI=1S/C17H21NO3/c1-19-13-7-6-12(17(10-13)20-2)11-18-15-4-3-5-16-14(15)8-9-21-16/h6-10,15,18H,3-5,11H2,1-2H3/t15-/m1/s1. The first-order valence-electron chi connectivity index (χ1n) is 7.32. The molecule has 0 aliphatic heterocycles. The smallest absolute Gasteiger partial charge is 0.127 e. The Morgan fingerprint density at radius 2 is 2.14 bits per heavy atom. The Bertz CT molecular complexity index is 606. The molecule has 0 spiro atoms. The van der Waals surface area contributed by atoms with E-state index in [1.54, 1.807) is 20.5 Å². The van der Waals surface area contributed by atoms with Crippen LogP contribution in [-0.2, 0) is 13.0 Å². The first-order valence-corrected chi connectivity index (χ1v) is 7.32. The van der Waals surface area contributed by atoms with Crippen LogP contribution < -0.4 is 14.8 Å². The number of nitrogens with one attached hydrogen (secondary N) is 1. The van der Waals surface area contributed by atoms with Crippen LogP contribution in [0.1, 0.15) is 35.8 Å². The molecule has 1 N–H and O–H groups in total. The molecule has 1 aromatic carbocycles. The van der Waals surface area contributed by atoms with Gasteiger partial charge in [-0.2, -0.15) is 0 Å². The fourth-order valence-corrected chi connectivity index (χ4v) is 2.93. The molecule has 3 rings (SSSR count). The average molecular weight is 287 g/mol. The van der Waals surface area contributed by atoms with Crippen LogP contribution in [0.25, 0.3) is 0 Å². The molecule has 21 heavy (non-hydrogen) atoms. The molecule has 1 aromatic heterocycles. The Labute approximate surface area is 125 Å². The van der Waals surface area contributed by atoms with Gasteiger partial charge >= 0.3 is 0 Å². The van der Waals surface area contributed by atoms with Crippen LogP contribution in [0.4, 0.5) is 0 Å². The molecule has 2 aromatic rings. The van der Waals surface area contributed by atoms with Gasteiger partial charge in [0.1, 0.15) is 17.3 Å². The summed E-state index contributed by atoms with van der Waals surface area (Å²) in [6.07, 6.45) is 5.15. The monoisotopic (exact) mass is 287 g/mol. The van der Waals surface area contributed by atoms with E-state index in [9.17, 15) is 0 Å². The molecular weight excluding hydrogens is 266 g/mol. The first kappa shape index (κ1) is 14.0. The number of methoxy groups -OCH3 is 2. The lowest BCUT2D eigenvalue weighted by molar-refractivity contribution is 0.383. The molecule has 1 aliphatic carbocycles. The van der Waals surface area contributed by atoms with Crippen molar-refractivity contribution in [2.45, 2.75) is 31.8 Å². The highest BCUT2D eigenvalue weighted by molar-refractivity contribution is 5.40. The van der Waals surface area contributed by atoms with E-state index in [1.165, 1.54) is 5.56 Å². The zero-order valence-corrected chi connectivity index (χ0v) is 12.5. The van der Waals surface area contributed by atoms with Crippen LogP contribution in [0.2, 0.25) is 0 Å². The number of aryl methyl sites for hydroxylation is 1. The third-order valence-electron chi connectivity index (χ3n) is 4.09. The number of benzene rings is 1. The average Bonchev–Trinajstić information content (AvgIpc) is 3.01. The third-order valence-corrected chi connectivity index (χ3v) is 4.09. The molecule has 0 fully saturated rings. The van der Waals surface area contributed by atoms with Crippen LogP contribution in [0, 0.1) is 0 Å². The predicted octanol–water partition coefficient (Wildman–Crippen LogP) is 3.46. The molecule has 112 valence electrons. The Morgan fingerprint density at radius 1 is 1.24 bits per heavy atom. The van der Waals surface area contributed by atoms with E-state index in [1.807, 2.05) is 18.2 Å². The summed E-state index contributed by atoms with van der Waals surface area (Å²) in [4.78, 5) is 0. The van der Waals surface area contributed by atoms with Crippen molar-refractivity contribution in [2.24, 2.45) is 0 Å². The Balaban J connectivity index is 1.71. The maximum Gasteiger partial charge on any atom is 0.127 e. The second kappa shape index (κ2) is 6.22. The van der Waals surface area contributed by atoms with Gasteiger partial charge in [-0.05, 0) is 25.0 Å². The van der Waals surface area contributed by atoms with Gasteiger partial charge in [0, 0.05) is 36.2 Å². The number of ether oxygens (including phenoxy) is 2. The zero-order chi connectivity index (χ0) is 14.7. The molecule has 4 heteroatoms. The minimum atomic E-state index is 0.360. The van der Waals surface area contributed by atoms with E-state index in [2.05, 4.69) is 11.4 Å². The number of rotatable bonds is 5. The van der Waals surface area contributed by atoms with Gasteiger partial charge in [0.05, 0.1) is 20.5 Å². The highest BCUT2D eigenvalue weighted by Crippen LogP contribution is 2.31. The molecular formula is C17H21NO3. The van der Waals surface area contributed by atoms with Crippen molar-refractivity contribution in [2.75, 3.05) is 14.2 Å². The number of hydrogen-bond donors (Lipinski definition) is 1. The van der Waals surface area contributed by atoms with Gasteiger partial charge in [-0.1, -0.05) is 6.07 Å². The predicted molar refractivity (Wildman–Crippen MR) is 80.8 cm³/mol. The number of hydrogen-bond acceptors (Lipinski definition) is 4. The minimum Gasteiger partial charge on any atom is -0.497 e. The molecule has 0 saturated heterocycles. The molecule has 0 bridgehead atoms. The second-order valence-corrected chi connectivity index (χ2v) is 5.30. The Hall–Kier alpha value is -1.94.